The number of aliphatic hydroxyl groups is 1. The molecule has 0 atom stereocenters. The molecule has 2 N–H and O–H groups in total. The van der Waals surface area contributed by atoms with Crippen molar-refractivity contribution in [1.29, 1.82) is 0 Å². The van der Waals surface area contributed by atoms with E-state index in [0.29, 0.717) is 12.8 Å². The van der Waals surface area contributed by atoms with E-state index in [1.54, 1.807) is 0 Å². The van der Waals surface area contributed by atoms with Crippen LogP contribution in [0.5, 0.6) is 0 Å². The summed E-state index contributed by atoms with van der Waals surface area (Å²) >= 11 is 0. The Labute approximate surface area is 76.6 Å². The molecule has 0 aromatic rings. The molecule has 0 unspecified atom stereocenters. The van der Waals surface area contributed by atoms with Gasteiger partial charge in [-0.3, -0.25) is 14.9 Å². The Kier molecular flexibility index (Phi) is 2.40. The van der Waals surface area contributed by atoms with Crippen LogP contribution in [-0.2, 0) is 9.59 Å². The molecule has 4 nitrogen and oxygen atoms in total. The van der Waals surface area contributed by atoms with Gasteiger partial charge in [0.2, 0.25) is 5.91 Å². The van der Waals surface area contributed by atoms with Crippen molar-refractivity contribution in [3.63, 3.8) is 0 Å². The second kappa shape index (κ2) is 3.20. The Morgan fingerprint density at radius 3 is 2.31 bits per heavy atom. The van der Waals surface area contributed by atoms with E-state index in [2.05, 4.69) is 5.32 Å². The summed E-state index contributed by atoms with van der Waals surface area (Å²) in [6, 6.07) is 0. The summed E-state index contributed by atoms with van der Waals surface area (Å²) in [6.07, 6.45) is 2.06. The van der Waals surface area contributed by atoms with Crippen LogP contribution in [0.2, 0.25) is 0 Å². The lowest BCUT2D eigenvalue weighted by Gasteiger charge is -2.31. The van der Waals surface area contributed by atoms with Gasteiger partial charge >= 0.3 is 0 Å². The van der Waals surface area contributed by atoms with E-state index in [1.807, 2.05) is 13.8 Å². The first kappa shape index (κ1) is 9.77. The summed E-state index contributed by atoms with van der Waals surface area (Å²) in [5, 5.41) is 11.7. The van der Waals surface area contributed by atoms with Crippen molar-refractivity contribution in [2.45, 2.75) is 26.7 Å². The second-order valence-electron chi connectivity index (χ2n) is 3.14. The summed E-state index contributed by atoms with van der Waals surface area (Å²) in [5.41, 5.74) is -0.895. The third-order valence-electron chi connectivity index (χ3n) is 2.64. The van der Waals surface area contributed by atoms with E-state index >= 15 is 0 Å². The van der Waals surface area contributed by atoms with Crippen molar-refractivity contribution < 1.29 is 14.7 Å². The van der Waals surface area contributed by atoms with E-state index in [4.69, 9.17) is 0 Å². The summed E-state index contributed by atoms with van der Waals surface area (Å²) in [4.78, 5) is 22.3. The first-order valence-electron chi connectivity index (χ1n) is 4.33. The highest BCUT2D eigenvalue weighted by Gasteiger charge is 2.42. The number of nitrogens with one attached hydrogen (secondary N) is 1. The molecular formula is C9H13NO3. The van der Waals surface area contributed by atoms with Gasteiger partial charge in [-0.25, -0.2) is 0 Å². The molecule has 0 saturated carbocycles. The summed E-state index contributed by atoms with van der Waals surface area (Å²) in [5.74, 6) is -1.06. The largest absolute Gasteiger partial charge is 0.511 e. The minimum absolute atomic E-state index is 0.119. The molecule has 0 spiro atoms. The van der Waals surface area contributed by atoms with E-state index in [1.165, 1.54) is 0 Å². The van der Waals surface area contributed by atoms with Crippen molar-refractivity contribution in [2.75, 3.05) is 0 Å². The third-order valence-corrected chi connectivity index (χ3v) is 2.64. The first-order chi connectivity index (χ1) is 6.06. The lowest BCUT2D eigenvalue weighted by Crippen LogP contribution is -2.47. The van der Waals surface area contributed by atoms with Crippen LogP contribution >= 0.6 is 0 Å². The van der Waals surface area contributed by atoms with Crippen molar-refractivity contribution in [3.05, 3.63) is 11.8 Å². The quantitative estimate of drug-likeness (QED) is 0.625. The number of hydrogen-bond acceptors (Lipinski definition) is 3. The minimum atomic E-state index is -0.895. The number of carbonyl (C=O) groups excluding carboxylic acids is 2. The molecule has 0 aromatic heterocycles. The molecular weight excluding hydrogens is 170 g/mol. The van der Waals surface area contributed by atoms with E-state index in [-0.39, 0.29) is 5.76 Å². The zero-order valence-corrected chi connectivity index (χ0v) is 7.76. The molecule has 1 rings (SSSR count). The van der Waals surface area contributed by atoms with Crippen LogP contribution in [0.25, 0.3) is 0 Å². The number of carbonyl (C=O) groups is 2. The van der Waals surface area contributed by atoms with Gasteiger partial charge in [0.05, 0.1) is 0 Å². The lowest BCUT2D eigenvalue weighted by molar-refractivity contribution is -0.137. The Morgan fingerprint density at radius 1 is 1.38 bits per heavy atom. The molecule has 72 valence electrons. The predicted molar refractivity (Wildman–Crippen MR) is 46.9 cm³/mol. The topological polar surface area (TPSA) is 66.4 Å². The molecule has 1 aliphatic rings. The fourth-order valence-corrected chi connectivity index (χ4v) is 1.58. The highest BCUT2D eigenvalue weighted by atomic mass is 16.3. The average Bonchev–Trinajstić information content (AvgIpc) is 2.05. The van der Waals surface area contributed by atoms with Crippen LogP contribution < -0.4 is 5.32 Å². The van der Waals surface area contributed by atoms with Gasteiger partial charge < -0.3 is 5.11 Å². The molecule has 13 heavy (non-hydrogen) atoms. The Bertz CT molecular complexity index is 277. The van der Waals surface area contributed by atoms with Crippen molar-refractivity contribution in [1.82, 2.24) is 5.32 Å². The predicted octanol–water partition coefficient (Wildman–Crippen LogP) is 0.891. The van der Waals surface area contributed by atoms with Crippen LogP contribution in [0.4, 0.5) is 0 Å². The molecule has 0 aliphatic carbocycles. The summed E-state index contributed by atoms with van der Waals surface area (Å²) < 4.78 is 0. The van der Waals surface area contributed by atoms with Crippen LogP contribution in [-0.4, -0.2) is 16.9 Å². The Balaban J connectivity index is 3.14. The van der Waals surface area contributed by atoms with Crippen molar-refractivity contribution in [3.8, 4) is 0 Å². The molecule has 0 radical (unpaired) electrons. The molecule has 1 heterocycles. The van der Waals surface area contributed by atoms with Crippen LogP contribution in [0.3, 0.4) is 0 Å². The molecule has 2 amide bonds. The second-order valence-corrected chi connectivity index (χ2v) is 3.14. The highest BCUT2D eigenvalue weighted by Crippen LogP contribution is 2.35. The van der Waals surface area contributed by atoms with Crippen LogP contribution in [0.15, 0.2) is 11.8 Å². The maximum absolute atomic E-state index is 11.5. The number of hydrogen-bond donors (Lipinski definition) is 2. The monoisotopic (exact) mass is 183 g/mol. The molecule has 4 heteroatoms. The zero-order chi connectivity index (χ0) is 10.1. The molecule has 0 fully saturated rings. The maximum Gasteiger partial charge on any atom is 0.253 e. The van der Waals surface area contributed by atoms with Gasteiger partial charge in [-0.1, -0.05) is 13.8 Å². The first-order valence-corrected chi connectivity index (χ1v) is 4.33. The number of aliphatic hydroxyl groups excluding tert-OH is 1. The van der Waals surface area contributed by atoms with Gasteiger partial charge in [0.15, 0.2) is 0 Å². The Morgan fingerprint density at radius 2 is 1.92 bits per heavy atom. The van der Waals surface area contributed by atoms with E-state index in [0.717, 1.165) is 6.08 Å². The smallest absolute Gasteiger partial charge is 0.253 e. The Hall–Kier alpha value is -1.32. The van der Waals surface area contributed by atoms with Gasteiger partial charge in [0.25, 0.3) is 5.91 Å². The summed E-state index contributed by atoms with van der Waals surface area (Å²) in [6.45, 7) is 3.62. The minimum Gasteiger partial charge on any atom is -0.511 e. The maximum atomic E-state index is 11.5. The van der Waals surface area contributed by atoms with Gasteiger partial charge in [-0.05, 0) is 12.8 Å². The average molecular weight is 183 g/mol. The van der Waals surface area contributed by atoms with Gasteiger partial charge in [0.1, 0.15) is 11.2 Å². The third kappa shape index (κ3) is 1.32. The lowest BCUT2D eigenvalue weighted by atomic mass is 9.77. The summed E-state index contributed by atoms with van der Waals surface area (Å²) in [7, 11) is 0. The fourth-order valence-electron chi connectivity index (χ4n) is 1.58. The van der Waals surface area contributed by atoms with Crippen LogP contribution in [0.1, 0.15) is 26.7 Å². The zero-order valence-electron chi connectivity index (χ0n) is 7.76. The molecule has 1 aliphatic heterocycles. The van der Waals surface area contributed by atoms with Gasteiger partial charge in [-0.2, -0.15) is 0 Å². The van der Waals surface area contributed by atoms with Crippen LogP contribution in [0, 0.1) is 5.41 Å². The normalized spacial score (nSPS) is 20.9. The number of amides is 2. The van der Waals surface area contributed by atoms with Gasteiger partial charge in [0, 0.05) is 6.08 Å². The SMILES string of the molecule is CCC1(CC)C(=O)NC(=O)C=C1O. The van der Waals surface area contributed by atoms with Crippen molar-refractivity contribution in [2.24, 2.45) is 5.41 Å². The van der Waals surface area contributed by atoms with E-state index in [9.17, 15) is 14.7 Å². The molecule has 0 saturated heterocycles. The highest BCUT2D eigenvalue weighted by molar-refractivity contribution is 6.07. The number of imide groups is 1. The van der Waals surface area contributed by atoms with Crippen molar-refractivity contribution >= 4 is 11.8 Å². The fraction of sp³-hybridized carbons (Fsp3) is 0.556. The molecule has 0 bridgehead atoms. The standard InChI is InChI=1S/C9H13NO3/c1-3-9(4-2)6(11)5-7(12)10-8(9)13/h5,11H,3-4H2,1-2H3,(H,10,12,13). The van der Waals surface area contributed by atoms with E-state index < -0.39 is 17.2 Å². The molecule has 0 aromatic carbocycles. The van der Waals surface area contributed by atoms with Gasteiger partial charge in [-0.15, -0.1) is 0 Å². The number of rotatable bonds is 2.